The Labute approximate surface area is 172 Å². The molecule has 0 saturated heterocycles. The van der Waals surface area contributed by atoms with Gasteiger partial charge in [-0.25, -0.2) is 9.78 Å². The van der Waals surface area contributed by atoms with Crippen LogP contribution in [0.4, 0.5) is 4.79 Å². The molecule has 29 heavy (non-hydrogen) atoms. The van der Waals surface area contributed by atoms with Crippen molar-refractivity contribution < 1.29 is 4.79 Å². The Hall–Kier alpha value is -3.09. The fourth-order valence-electron chi connectivity index (χ4n) is 3.52. The number of imidazole rings is 1. The van der Waals surface area contributed by atoms with Gasteiger partial charge in [0.15, 0.2) is 0 Å². The highest BCUT2D eigenvalue weighted by molar-refractivity contribution is 5.74. The first-order chi connectivity index (χ1) is 13.9. The second-order valence-corrected chi connectivity index (χ2v) is 7.72. The Morgan fingerprint density at radius 1 is 1.21 bits per heavy atom. The van der Waals surface area contributed by atoms with Crippen molar-refractivity contribution in [3.63, 3.8) is 0 Å². The number of aryl methyl sites for hydroxylation is 1. The van der Waals surface area contributed by atoms with Crippen LogP contribution in [-0.2, 0) is 13.1 Å². The number of nitrogens with zero attached hydrogens (tertiary/aromatic N) is 5. The van der Waals surface area contributed by atoms with Gasteiger partial charge < -0.3 is 14.8 Å². The first kappa shape index (κ1) is 20.6. The molecule has 0 spiro atoms. The number of amides is 2. The molecule has 0 bridgehead atoms. The first-order valence-corrected chi connectivity index (χ1v) is 9.93. The van der Waals surface area contributed by atoms with Gasteiger partial charge in [-0.3, -0.25) is 4.68 Å². The summed E-state index contributed by atoms with van der Waals surface area (Å²) in [5, 5.41) is 7.80. The molecule has 0 fully saturated rings. The second kappa shape index (κ2) is 8.94. The number of hydrogen-bond acceptors (Lipinski definition) is 3. The van der Waals surface area contributed by atoms with Crippen LogP contribution in [0.5, 0.6) is 0 Å². The molecular formula is C22H30N6O. The summed E-state index contributed by atoms with van der Waals surface area (Å²) in [5.74, 6) is 0. The molecule has 2 amide bonds. The highest BCUT2D eigenvalue weighted by atomic mass is 16.2. The summed E-state index contributed by atoms with van der Waals surface area (Å²) in [6, 6.07) is 10.0. The van der Waals surface area contributed by atoms with Gasteiger partial charge in [-0.15, -0.1) is 0 Å². The summed E-state index contributed by atoms with van der Waals surface area (Å²) in [6.45, 7) is 9.42. The molecule has 0 aliphatic rings. The van der Waals surface area contributed by atoms with Crippen molar-refractivity contribution in [2.45, 2.75) is 52.9 Å². The SMILES string of the molecule is Cc1nn(C(C)C)c(C)c1CN(C)C(=O)NC(Cn1ccnc1)c1ccccc1. The third kappa shape index (κ3) is 4.85. The van der Waals surface area contributed by atoms with E-state index in [1.54, 1.807) is 17.4 Å². The highest BCUT2D eigenvalue weighted by Gasteiger charge is 2.21. The van der Waals surface area contributed by atoms with Gasteiger partial charge in [0.1, 0.15) is 0 Å². The maximum atomic E-state index is 13.0. The van der Waals surface area contributed by atoms with Gasteiger partial charge in [-0.2, -0.15) is 5.10 Å². The molecule has 3 rings (SSSR count). The van der Waals surface area contributed by atoms with Crippen LogP contribution in [0.1, 0.15) is 48.4 Å². The predicted octanol–water partition coefficient (Wildman–Crippen LogP) is 3.86. The number of aromatic nitrogens is 4. The number of urea groups is 1. The number of carbonyl (C=O) groups is 1. The number of nitrogens with one attached hydrogen (secondary N) is 1. The van der Waals surface area contributed by atoms with Crippen LogP contribution in [0.25, 0.3) is 0 Å². The third-order valence-corrected chi connectivity index (χ3v) is 5.16. The topological polar surface area (TPSA) is 68.0 Å². The summed E-state index contributed by atoms with van der Waals surface area (Å²) in [6.07, 6.45) is 5.41. The van der Waals surface area contributed by atoms with E-state index in [0.717, 1.165) is 22.5 Å². The zero-order valence-electron chi connectivity index (χ0n) is 17.8. The van der Waals surface area contributed by atoms with Gasteiger partial charge in [-0.05, 0) is 33.3 Å². The lowest BCUT2D eigenvalue weighted by Crippen LogP contribution is -2.40. The van der Waals surface area contributed by atoms with Crippen molar-refractivity contribution in [2.75, 3.05) is 7.05 Å². The number of rotatable bonds is 7. The van der Waals surface area contributed by atoms with Crippen LogP contribution in [-0.4, -0.2) is 37.3 Å². The van der Waals surface area contributed by atoms with E-state index in [-0.39, 0.29) is 12.1 Å². The summed E-state index contributed by atoms with van der Waals surface area (Å²) in [7, 11) is 1.82. The molecular weight excluding hydrogens is 364 g/mol. The molecule has 1 atom stereocenters. The van der Waals surface area contributed by atoms with Crippen molar-refractivity contribution in [1.29, 1.82) is 0 Å². The standard InChI is InChI=1S/C22H30N6O/c1-16(2)28-18(4)20(17(3)25-28)13-26(5)22(29)24-21(14-27-12-11-23-15-27)19-9-7-6-8-10-19/h6-12,15-16,21H,13-14H2,1-5H3,(H,24,29). The molecule has 0 saturated carbocycles. The molecule has 1 unspecified atom stereocenters. The molecule has 2 heterocycles. The van der Waals surface area contributed by atoms with Crippen LogP contribution < -0.4 is 5.32 Å². The Morgan fingerprint density at radius 3 is 2.52 bits per heavy atom. The minimum atomic E-state index is -0.152. The van der Waals surface area contributed by atoms with Crippen LogP contribution in [0.3, 0.4) is 0 Å². The van der Waals surface area contributed by atoms with E-state index >= 15 is 0 Å². The summed E-state index contributed by atoms with van der Waals surface area (Å²) in [5.41, 5.74) is 4.23. The molecule has 7 heteroatoms. The number of hydrogen-bond donors (Lipinski definition) is 1. The molecule has 154 valence electrons. The van der Waals surface area contributed by atoms with E-state index in [1.165, 1.54) is 0 Å². The number of carbonyl (C=O) groups excluding carboxylic acids is 1. The number of benzene rings is 1. The van der Waals surface area contributed by atoms with E-state index in [2.05, 4.69) is 36.2 Å². The molecule has 0 aliphatic heterocycles. The van der Waals surface area contributed by atoms with Crippen LogP contribution in [0, 0.1) is 13.8 Å². The van der Waals surface area contributed by atoms with Gasteiger partial charge in [-0.1, -0.05) is 30.3 Å². The van der Waals surface area contributed by atoms with Crippen molar-refractivity contribution in [2.24, 2.45) is 0 Å². The van der Waals surface area contributed by atoms with Crippen LogP contribution >= 0.6 is 0 Å². The monoisotopic (exact) mass is 394 g/mol. The fraction of sp³-hybridized carbons (Fsp3) is 0.409. The maximum absolute atomic E-state index is 13.0. The van der Waals surface area contributed by atoms with Gasteiger partial charge in [0, 0.05) is 43.3 Å². The summed E-state index contributed by atoms with van der Waals surface area (Å²) >= 11 is 0. The highest BCUT2D eigenvalue weighted by Crippen LogP contribution is 2.20. The van der Waals surface area contributed by atoms with Crippen molar-refractivity contribution >= 4 is 6.03 Å². The van der Waals surface area contributed by atoms with Gasteiger partial charge >= 0.3 is 6.03 Å². The molecule has 0 radical (unpaired) electrons. The zero-order valence-corrected chi connectivity index (χ0v) is 17.8. The average Bonchev–Trinajstić information content (AvgIpc) is 3.31. The Morgan fingerprint density at radius 2 is 1.93 bits per heavy atom. The zero-order chi connectivity index (χ0) is 21.0. The lowest BCUT2D eigenvalue weighted by Gasteiger charge is -2.24. The first-order valence-electron chi connectivity index (χ1n) is 9.93. The van der Waals surface area contributed by atoms with Crippen LogP contribution in [0.2, 0.25) is 0 Å². The fourth-order valence-corrected chi connectivity index (χ4v) is 3.52. The smallest absolute Gasteiger partial charge is 0.317 e. The van der Waals surface area contributed by atoms with E-state index in [0.29, 0.717) is 19.1 Å². The van der Waals surface area contributed by atoms with Crippen LogP contribution in [0.15, 0.2) is 49.1 Å². The summed E-state index contributed by atoms with van der Waals surface area (Å²) < 4.78 is 3.99. The molecule has 1 aromatic carbocycles. The molecule has 2 aromatic heterocycles. The molecule has 7 nitrogen and oxygen atoms in total. The van der Waals surface area contributed by atoms with E-state index in [4.69, 9.17) is 0 Å². The van der Waals surface area contributed by atoms with Crippen molar-refractivity contribution in [3.05, 3.63) is 71.6 Å². The van der Waals surface area contributed by atoms with Gasteiger partial charge in [0.2, 0.25) is 0 Å². The predicted molar refractivity (Wildman–Crippen MR) is 113 cm³/mol. The van der Waals surface area contributed by atoms with E-state index < -0.39 is 0 Å². The quantitative estimate of drug-likeness (QED) is 0.662. The van der Waals surface area contributed by atoms with Crippen molar-refractivity contribution in [3.8, 4) is 0 Å². The normalized spacial score (nSPS) is 12.2. The Balaban J connectivity index is 1.74. The third-order valence-electron chi connectivity index (χ3n) is 5.16. The minimum absolute atomic E-state index is 0.116. The average molecular weight is 395 g/mol. The van der Waals surface area contributed by atoms with E-state index in [1.807, 2.05) is 59.7 Å². The lowest BCUT2D eigenvalue weighted by molar-refractivity contribution is 0.201. The van der Waals surface area contributed by atoms with E-state index in [9.17, 15) is 4.79 Å². The maximum Gasteiger partial charge on any atom is 0.317 e. The Bertz CT molecular complexity index is 930. The Kier molecular flexibility index (Phi) is 6.36. The molecule has 0 aliphatic carbocycles. The summed E-state index contributed by atoms with van der Waals surface area (Å²) in [4.78, 5) is 18.8. The molecule has 1 N–H and O–H groups in total. The van der Waals surface area contributed by atoms with Gasteiger partial charge in [0.25, 0.3) is 0 Å². The minimum Gasteiger partial charge on any atom is -0.335 e. The molecule has 3 aromatic rings. The second-order valence-electron chi connectivity index (χ2n) is 7.72. The van der Waals surface area contributed by atoms with Gasteiger partial charge in [0.05, 0.1) is 24.6 Å². The largest absolute Gasteiger partial charge is 0.335 e. The lowest BCUT2D eigenvalue weighted by atomic mass is 10.1. The van der Waals surface area contributed by atoms with Crippen molar-refractivity contribution in [1.82, 2.24) is 29.5 Å².